The number of rotatable bonds is 21. The molecular weight excluding hydrogens is 1320 g/mol. The van der Waals surface area contributed by atoms with Crippen molar-refractivity contribution >= 4 is 33.3 Å². The lowest BCUT2D eigenvalue weighted by Crippen LogP contribution is -2.56. The molecule has 0 amide bonds. The molecule has 98 heavy (non-hydrogen) atoms. The van der Waals surface area contributed by atoms with Crippen LogP contribution in [0.4, 0.5) is 0 Å². The molecule has 10 bridgehead atoms. The highest BCUT2D eigenvalue weighted by atomic mass is 31.2. The van der Waals surface area contributed by atoms with Crippen LogP contribution in [0.25, 0.3) is 4.85 Å². The van der Waals surface area contributed by atoms with Gasteiger partial charge in [0, 0.05) is 6.66 Å². The Hall–Kier alpha value is -0.409. The zero-order chi connectivity index (χ0) is 70.4. The van der Waals surface area contributed by atoms with Gasteiger partial charge < -0.3 is 89.9 Å². The van der Waals surface area contributed by atoms with Gasteiger partial charge in [0.1, 0.15) is 102 Å². The van der Waals surface area contributed by atoms with Crippen LogP contribution in [-0.4, -0.2) is 225 Å². The summed E-state index contributed by atoms with van der Waals surface area (Å²) in [6.45, 7) is 74.7. The number of aliphatic hydroxyl groups is 3. The fourth-order valence-electron chi connectivity index (χ4n) is 14.3. The van der Waals surface area contributed by atoms with Crippen LogP contribution in [-0.2, 0) is 69.7 Å². The average Bonchev–Trinajstić information content (AvgIpc) is 1.60. The second kappa shape index (κ2) is 36.0. The van der Waals surface area contributed by atoms with Gasteiger partial charge in [0.15, 0.2) is 33.3 Å². The maximum absolute atomic E-state index is 10.5. The number of hydrogen-bond donors (Lipinski definition) is 3. The van der Waals surface area contributed by atoms with E-state index >= 15 is 0 Å². The van der Waals surface area contributed by atoms with Crippen molar-refractivity contribution in [3.63, 3.8) is 0 Å². The molecule has 10 rings (SSSR count). The maximum atomic E-state index is 10.5. The Morgan fingerprint density at radius 1 is 0.500 bits per heavy atom. The van der Waals surface area contributed by atoms with E-state index in [1.807, 2.05) is 41.3 Å². The molecule has 10 heterocycles. The molecule has 19 nitrogen and oxygen atoms in total. The minimum absolute atomic E-state index is 0. The molecule has 10 fully saturated rings. The number of hydrogen-bond acceptors (Lipinski definition) is 18. The molecule has 0 saturated carbocycles. The summed E-state index contributed by atoms with van der Waals surface area (Å²) >= 11 is 0. The summed E-state index contributed by atoms with van der Waals surface area (Å²) in [7, 11) is -6.68. The first kappa shape index (κ1) is 95.6. The Labute approximate surface area is 604 Å². The van der Waals surface area contributed by atoms with Crippen molar-refractivity contribution in [2.45, 2.75) is 394 Å². The topological polar surface area (TPSA) is 203 Å². The number of ether oxygens (including phenoxy) is 10. The Bertz CT molecular complexity index is 2390. The van der Waals surface area contributed by atoms with Crippen molar-refractivity contribution < 1.29 is 85.0 Å². The lowest BCUT2D eigenvalue weighted by molar-refractivity contribution is -0.182. The number of fused-ring (bicyclic) bond motifs is 10. The molecule has 0 spiro atoms. The largest absolute Gasteiger partial charge is 0.408 e. The van der Waals surface area contributed by atoms with Crippen LogP contribution in [0.2, 0.25) is 54.4 Å². The Morgan fingerprint density at radius 3 is 1.11 bits per heavy atom. The zero-order valence-electron chi connectivity index (χ0n) is 63.0. The third-order valence-electron chi connectivity index (χ3n) is 24.2. The maximum Gasteiger partial charge on any atom is 0.238 e. The van der Waals surface area contributed by atoms with E-state index in [4.69, 9.17) is 76.3 Å². The predicted molar refractivity (Wildman–Crippen MR) is 407 cm³/mol. The quantitative estimate of drug-likeness (QED) is 0.0321. The highest BCUT2D eigenvalue weighted by Gasteiger charge is 2.69. The van der Waals surface area contributed by atoms with Crippen molar-refractivity contribution in [2.75, 3.05) is 52.9 Å². The molecule has 10 aliphatic heterocycles. The Morgan fingerprint density at radius 2 is 0.786 bits per heavy atom. The highest BCUT2D eigenvalue weighted by Crippen LogP contribution is 2.55. The Kier molecular flexibility index (Phi) is 35.1. The molecule has 3 N–H and O–H groups in total. The first-order chi connectivity index (χ1) is 42.8. The smallest absolute Gasteiger partial charge is 0.238 e. The van der Waals surface area contributed by atoms with Crippen LogP contribution >= 0.6 is 8.38 Å². The Balaban J connectivity index is 0.000000608. The fourth-order valence-corrected chi connectivity index (χ4v) is 19.3. The highest BCUT2D eigenvalue weighted by molar-refractivity contribution is 7.46. The van der Waals surface area contributed by atoms with E-state index in [-0.39, 0.29) is 149 Å². The van der Waals surface area contributed by atoms with Crippen LogP contribution in [0.1, 0.15) is 208 Å². The minimum Gasteiger partial charge on any atom is -0.408 e. The molecule has 0 aromatic rings. The molecule has 0 aromatic heterocycles. The molecule has 0 aliphatic carbocycles. The molecule has 582 valence electrons. The molecule has 10 aliphatic rings. The molecule has 1 unspecified atom stereocenters. The van der Waals surface area contributed by atoms with Crippen LogP contribution in [0, 0.1) is 24.3 Å². The van der Waals surface area contributed by atoms with Crippen molar-refractivity contribution in [1.82, 2.24) is 0 Å². The zero-order valence-corrected chi connectivity index (χ0v) is 66.9. The fraction of sp³-hybridized carbons (Fsp3) is 0.960. The van der Waals surface area contributed by atoms with Gasteiger partial charge in [-0.2, -0.15) is 0 Å². The normalized spacial score (nSPS) is 38.7. The summed E-state index contributed by atoms with van der Waals surface area (Å²) in [6, 6.07) is 0. The lowest BCUT2D eigenvalue weighted by Gasteiger charge is -2.42. The van der Waals surface area contributed by atoms with Gasteiger partial charge in [0.25, 0.3) is 0 Å². The predicted octanol–water partition coefficient (Wildman–Crippen LogP) is 16.1. The van der Waals surface area contributed by atoms with Gasteiger partial charge in [-0.3, -0.25) is 0 Å². The summed E-state index contributed by atoms with van der Waals surface area (Å²) in [5.41, 5.74) is -2.44. The summed E-state index contributed by atoms with van der Waals surface area (Å²) in [5.74, 6) is 1.21. The van der Waals surface area contributed by atoms with E-state index in [9.17, 15) is 15.3 Å². The van der Waals surface area contributed by atoms with Crippen LogP contribution < -0.4 is 0 Å². The van der Waals surface area contributed by atoms with E-state index in [1.165, 1.54) is 6.08 Å². The molecule has 10 saturated heterocycles. The number of aliphatic hydroxyl groups excluding tert-OH is 3. The standard InChI is InChI=1S/C16H32O3Si.C15H30O4Si.C15H28O4Si.C14H24NO4P.C10H18O3.5CH4/c1-9-11(2)16-10-17-13(12(3)18-16)14(16)19-20(7,8)15(4,5)6;2*1-8-11(16)15-9-17-12(10(2)18-15)13(15)19-20(6,7)14(3,4)5;1-6-10(2)14-9-16-12(11(3)18-14)13(14)19-20(5)17-8-7-15-4;1-4-6(2)10-5-12-8(9(10)11)7(3)13-10;;;;;/h11-14H,9-10H2,1-8H3;10-13,16H,8-9H2,1-7H3;8,10-13,16H,1,9H2,2-7H3;10-13H,6-9H2,1-3,5H3;6-9,11H,4-5H2,1-3H3;5*1H4/t11-,12-,13-,14-,16+;2*10-,11-,12-,13-,15+;10-,11-,12-,13-,14+,20?;6-,7-,8-,9-,10+;;;;;/m00000...../s1. The van der Waals surface area contributed by atoms with E-state index in [0.29, 0.717) is 70.4 Å². The van der Waals surface area contributed by atoms with E-state index in [1.54, 1.807) is 0 Å². The van der Waals surface area contributed by atoms with E-state index < -0.39 is 68.4 Å². The molecular formula is C75H152NO18PSi3. The summed E-state index contributed by atoms with van der Waals surface area (Å²) in [5, 5.41) is 31.3. The SMILES string of the molecule is C.C.C.C.C.C=C[C@H](O)[C@@]12CO[C@@H]([C@H](C)O1)[C@@H]2O[Si](C)(C)C(C)(C)C.CC[C@H](C)[C@@]12CO[C@@H]([C@H](C)O1)[C@@H]2O.CC[C@H](C)[C@@]12CO[C@@H]([C@H](C)O1)[C@@H]2O[Si](C)(C)C(C)(C)C.CC[C@H](O)[C@@]12CO[C@@H]([C@H](C)O1)[C@@H]2O[Si](C)(C)C(C)(C)C.[C-]#[N+]CCOP(C)O[C@H]1[C@H]2OC[C@]1([C@@H](C)CC)O[C@H]2C. The van der Waals surface area contributed by atoms with Crippen molar-refractivity contribution in [3.05, 3.63) is 24.1 Å². The van der Waals surface area contributed by atoms with E-state index in [0.717, 1.165) is 19.3 Å². The summed E-state index contributed by atoms with van der Waals surface area (Å²) in [4.78, 5) is 3.28. The molecule has 0 aromatic carbocycles. The van der Waals surface area contributed by atoms with Gasteiger partial charge in [-0.05, 0) is 113 Å². The first-order valence-corrected chi connectivity index (χ1v) is 45.7. The summed E-state index contributed by atoms with van der Waals surface area (Å²) in [6.07, 6.45) is 3.29. The van der Waals surface area contributed by atoms with Gasteiger partial charge in [-0.15, -0.1) is 6.58 Å². The van der Waals surface area contributed by atoms with Crippen molar-refractivity contribution in [1.29, 1.82) is 0 Å². The monoisotopic (exact) mass is 1470 g/mol. The average molecular weight is 1470 g/mol. The van der Waals surface area contributed by atoms with Crippen molar-refractivity contribution in [2.24, 2.45) is 17.8 Å². The van der Waals surface area contributed by atoms with Gasteiger partial charge in [-0.1, -0.05) is 173 Å². The second-order valence-electron chi connectivity index (χ2n) is 33.3. The van der Waals surface area contributed by atoms with Crippen LogP contribution in [0.5, 0.6) is 0 Å². The van der Waals surface area contributed by atoms with Crippen LogP contribution in [0.3, 0.4) is 0 Å². The lowest BCUT2D eigenvalue weighted by atomic mass is 9.84. The van der Waals surface area contributed by atoms with Gasteiger partial charge in [-0.25, -0.2) is 6.57 Å². The minimum atomic E-state index is -1.95. The molecule has 26 atom stereocenters. The molecule has 23 heteroatoms. The third kappa shape index (κ3) is 18.4. The van der Waals surface area contributed by atoms with Gasteiger partial charge in [0.2, 0.25) is 6.54 Å². The van der Waals surface area contributed by atoms with Crippen molar-refractivity contribution in [3.8, 4) is 0 Å². The second-order valence-corrected chi connectivity index (χ2v) is 48.9. The van der Waals surface area contributed by atoms with Gasteiger partial charge >= 0.3 is 0 Å². The molecule has 0 radical (unpaired) electrons. The van der Waals surface area contributed by atoms with E-state index in [2.05, 4.69) is 161 Å². The number of nitrogens with zero attached hydrogens (tertiary/aromatic N) is 1. The third-order valence-corrected chi connectivity index (χ3v) is 38.7. The summed E-state index contributed by atoms with van der Waals surface area (Å²) < 4.78 is 91.2. The van der Waals surface area contributed by atoms with Crippen LogP contribution in [0.15, 0.2) is 12.7 Å². The van der Waals surface area contributed by atoms with Gasteiger partial charge in [0.05, 0.1) is 69.7 Å². The first-order valence-electron chi connectivity index (χ1n) is 35.4.